The summed E-state index contributed by atoms with van der Waals surface area (Å²) in [6, 6.07) is 1.32. The number of amides is 1. The number of H-pyrrole nitrogens is 1. The number of aromatic amines is 1. The molecule has 3 rings (SSSR count). The predicted molar refractivity (Wildman–Crippen MR) is 102 cm³/mol. The fourth-order valence-corrected chi connectivity index (χ4v) is 3.72. The maximum atomic E-state index is 12.4. The van der Waals surface area contributed by atoms with E-state index in [1.807, 2.05) is 29.4 Å². The number of carbonyl (C=O) groups excluding carboxylic acids is 1. The molecule has 0 saturated carbocycles. The van der Waals surface area contributed by atoms with Crippen molar-refractivity contribution in [2.45, 2.75) is 17.7 Å². The molecule has 0 unspecified atom stereocenters. The van der Waals surface area contributed by atoms with Crippen LogP contribution in [0.4, 0.5) is 0 Å². The van der Waals surface area contributed by atoms with Crippen molar-refractivity contribution in [3.05, 3.63) is 54.4 Å². The van der Waals surface area contributed by atoms with Gasteiger partial charge in [0.15, 0.2) is 0 Å². The van der Waals surface area contributed by atoms with Gasteiger partial charge in [0.25, 0.3) is 5.91 Å². The molecular weight excluding hydrogens is 382 g/mol. The molecule has 1 amide bonds. The van der Waals surface area contributed by atoms with Crippen LogP contribution in [0.2, 0.25) is 0 Å². The molecule has 150 valence electrons. The van der Waals surface area contributed by atoms with Crippen LogP contribution in [-0.2, 0) is 37.0 Å². The van der Waals surface area contributed by atoms with E-state index < -0.39 is 10.0 Å². The molecule has 0 saturated heterocycles. The third-order valence-corrected chi connectivity index (χ3v) is 5.77. The SMILES string of the molecule is Cn1ccnc1CCNC(=O)c1cc(S(=O)(=O)NCCc2nccn2C)c[nH]1. The quantitative estimate of drug-likeness (QED) is 0.461. The highest BCUT2D eigenvalue weighted by Crippen LogP contribution is 2.11. The first-order chi connectivity index (χ1) is 13.4. The summed E-state index contributed by atoms with van der Waals surface area (Å²) in [5.74, 6) is 1.26. The minimum absolute atomic E-state index is 0.0154. The molecule has 3 N–H and O–H groups in total. The topological polar surface area (TPSA) is 127 Å². The summed E-state index contributed by atoms with van der Waals surface area (Å²) in [6.45, 7) is 0.607. The van der Waals surface area contributed by atoms with Crippen LogP contribution >= 0.6 is 0 Å². The van der Waals surface area contributed by atoms with Gasteiger partial charge in [0.1, 0.15) is 22.2 Å². The number of hydrogen-bond acceptors (Lipinski definition) is 5. The van der Waals surface area contributed by atoms with E-state index in [-0.39, 0.29) is 23.0 Å². The summed E-state index contributed by atoms with van der Waals surface area (Å²) < 4.78 is 31.0. The molecule has 10 nitrogen and oxygen atoms in total. The first-order valence-corrected chi connectivity index (χ1v) is 10.2. The van der Waals surface area contributed by atoms with Crippen molar-refractivity contribution in [2.75, 3.05) is 13.1 Å². The number of hydrogen-bond donors (Lipinski definition) is 3. The monoisotopic (exact) mass is 405 g/mol. The number of rotatable bonds is 9. The highest BCUT2D eigenvalue weighted by atomic mass is 32.2. The minimum Gasteiger partial charge on any atom is -0.356 e. The number of carbonyl (C=O) groups is 1. The van der Waals surface area contributed by atoms with E-state index in [9.17, 15) is 13.2 Å². The molecule has 0 aromatic carbocycles. The Labute approximate surface area is 163 Å². The van der Waals surface area contributed by atoms with Crippen molar-refractivity contribution >= 4 is 15.9 Å². The van der Waals surface area contributed by atoms with Crippen molar-refractivity contribution in [1.82, 2.24) is 34.1 Å². The molecule has 28 heavy (non-hydrogen) atoms. The third-order valence-electron chi connectivity index (χ3n) is 4.33. The van der Waals surface area contributed by atoms with Gasteiger partial charge in [-0.05, 0) is 6.07 Å². The van der Waals surface area contributed by atoms with E-state index in [0.29, 0.717) is 19.4 Å². The summed E-state index contributed by atoms with van der Waals surface area (Å²) in [5.41, 5.74) is 0.185. The Morgan fingerprint density at radius 2 is 1.68 bits per heavy atom. The van der Waals surface area contributed by atoms with Crippen LogP contribution in [0.1, 0.15) is 22.1 Å². The lowest BCUT2D eigenvalue weighted by atomic mass is 10.3. The second-order valence-corrected chi connectivity index (χ2v) is 8.08. The molecular formula is C17H23N7O3S. The molecule has 0 aliphatic carbocycles. The van der Waals surface area contributed by atoms with E-state index in [1.165, 1.54) is 12.3 Å². The summed E-state index contributed by atoms with van der Waals surface area (Å²) >= 11 is 0. The van der Waals surface area contributed by atoms with Gasteiger partial charge in [-0.1, -0.05) is 0 Å². The summed E-state index contributed by atoms with van der Waals surface area (Å²) in [6.07, 6.45) is 9.34. The van der Waals surface area contributed by atoms with E-state index in [0.717, 1.165) is 11.6 Å². The van der Waals surface area contributed by atoms with Crippen molar-refractivity contribution < 1.29 is 13.2 Å². The van der Waals surface area contributed by atoms with Crippen LogP contribution in [0, 0.1) is 0 Å². The molecule has 0 atom stereocenters. The molecule has 3 aromatic rings. The largest absolute Gasteiger partial charge is 0.356 e. The highest BCUT2D eigenvalue weighted by Gasteiger charge is 2.18. The van der Waals surface area contributed by atoms with Crippen LogP contribution in [0.15, 0.2) is 41.9 Å². The van der Waals surface area contributed by atoms with Gasteiger partial charge in [-0.25, -0.2) is 23.1 Å². The van der Waals surface area contributed by atoms with Crippen molar-refractivity contribution in [1.29, 1.82) is 0 Å². The molecule has 0 fully saturated rings. The summed E-state index contributed by atoms with van der Waals surface area (Å²) in [7, 11) is 0.0188. The predicted octanol–water partition coefficient (Wildman–Crippen LogP) is -0.0248. The van der Waals surface area contributed by atoms with Gasteiger partial charge in [-0.2, -0.15) is 0 Å². The number of imidazole rings is 2. The molecule has 3 heterocycles. The summed E-state index contributed by atoms with van der Waals surface area (Å²) in [4.78, 5) is 23.3. The Morgan fingerprint density at radius 3 is 2.25 bits per heavy atom. The van der Waals surface area contributed by atoms with Crippen LogP contribution in [0.5, 0.6) is 0 Å². The van der Waals surface area contributed by atoms with Crippen LogP contribution in [0.3, 0.4) is 0 Å². The Balaban J connectivity index is 1.52. The molecule has 0 aliphatic heterocycles. The first kappa shape index (κ1) is 19.8. The average Bonchev–Trinajstić information content (AvgIpc) is 3.38. The molecule has 0 aliphatic rings. The number of aryl methyl sites for hydroxylation is 2. The number of nitrogens with one attached hydrogen (secondary N) is 3. The molecule has 0 radical (unpaired) electrons. The van der Waals surface area contributed by atoms with Gasteiger partial charge >= 0.3 is 0 Å². The smallest absolute Gasteiger partial charge is 0.267 e. The van der Waals surface area contributed by atoms with E-state index in [4.69, 9.17) is 0 Å². The second kappa shape index (κ2) is 8.40. The lowest BCUT2D eigenvalue weighted by Gasteiger charge is -2.05. The van der Waals surface area contributed by atoms with E-state index in [2.05, 4.69) is 25.0 Å². The lowest BCUT2D eigenvalue weighted by Crippen LogP contribution is -2.27. The zero-order chi connectivity index (χ0) is 20.1. The Hall–Kier alpha value is -2.92. The van der Waals surface area contributed by atoms with E-state index >= 15 is 0 Å². The fourth-order valence-electron chi connectivity index (χ4n) is 2.70. The minimum atomic E-state index is -3.71. The van der Waals surface area contributed by atoms with Crippen molar-refractivity contribution in [2.24, 2.45) is 14.1 Å². The third kappa shape index (κ3) is 4.67. The maximum Gasteiger partial charge on any atom is 0.267 e. The number of sulfonamides is 1. The second-order valence-electron chi connectivity index (χ2n) is 6.31. The van der Waals surface area contributed by atoms with Gasteiger partial charge in [0.05, 0.1) is 0 Å². The van der Waals surface area contributed by atoms with Gasteiger partial charge in [0, 0.05) is 71.0 Å². The standard InChI is InChI=1S/C17H23N7O3S/c1-23-9-7-18-15(23)3-5-20-17(25)14-11-13(12-21-14)28(26,27)22-6-4-16-19-8-10-24(16)2/h7-12,21-22H,3-6H2,1-2H3,(H,20,25). The number of nitrogens with zero attached hydrogens (tertiary/aromatic N) is 4. The van der Waals surface area contributed by atoms with Gasteiger partial charge < -0.3 is 19.4 Å². The van der Waals surface area contributed by atoms with Gasteiger partial charge in [0.2, 0.25) is 10.0 Å². The molecule has 0 bridgehead atoms. The normalized spacial score (nSPS) is 11.6. The van der Waals surface area contributed by atoms with Gasteiger partial charge in [-0.3, -0.25) is 4.79 Å². The first-order valence-electron chi connectivity index (χ1n) is 8.75. The maximum absolute atomic E-state index is 12.4. The number of aromatic nitrogens is 5. The summed E-state index contributed by atoms with van der Waals surface area (Å²) in [5, 5.41) is 2.75. The van der Waals surface area contributed by atoms with Crippen LogP contribution < -0.4 is 10.0 Å². The zero-order valence-electron chi connectivity index (χ0n) is 15.7. The van der Waals surface area contributed by atoms with E-state index in [1.54, 1.807) is 18.6 Å². The lowest BCUT2D eigenvalue weighted by molar-refractivity contribution is 0.0949. The zero-order valence-corrected chi connectivity index (χ0v) is 16.5. The van der Waals surface area contributed by atoms with Crippen molar-refractivity contribution in [3.63, 3.8) is 0 Å². The molecule has 0 spiro atoms. The molecule has 11 heteroatoms. The Bertz CT molecular complexity index is 1050. The average molecular weight is 405 g/mol. The Morgan fingerprint density at radius 1 is 1.07 bits per heavy atom. The van der Waals surface area contributed by atoms with Crippen LogP contribution in [0.25, 0.3) is 0 Å². The highest BCUT2D eigenvalue weighted by molar-refractivity contribution is 7.89. The fraction of sp³-hybridized carbons (Fsp3) is 0.353. The molecule has 3 aromatic heterocycles. The Kier molecular flexibility index (Phi) is 5.95. The van der Waals surface area contributed by atoms with Crippen molar-refractivity contribution in [3.8, 4) is 0 Å². The van der Waals surface area contributed by atoms with Crippen LogP contribution in [-0.4, -0.2) is 51.5 Å². The van der Waals surface area contributed by atoms with Gasteiger partial charge in [-0.15, -0.1) is 0 Å².